The molecule has 1 aliphatic heterocycles. The number of aliphatic imine (C=N–C) groups is 1. The van der Waals surface area contributed by atoms with Crippen LogP contribution in [0.15, 0.2) is 120 Å². The van der Waals surface area contributed by atoms with Crippen LogP contribution < -0.4 is 4.74 Å². The van der Waals surface area contributed by atoms with E-state index in [0.717, 1.165) is 44.1 Å². The van der Waals surface area contributed by atoms with Crippen LogP contribution in [0.25, 0.3) is 0 Å². The molecule has 0 atom stereocenters. The van der Waals surface area contributed by atoms with Crippen molar-refractivity contribution in [1.29, 1.82) is 0 Å². The van der Waals surface area contributed by atoms with E-state index in [1.807, 2.05) is 0 Å². The van der Waals surface area contributed by atoms with E-state index >= 15 is 0 Å². The molecule has 0 unspecified atom stereocenters. The van der Waals surface area contributed by atoms with Crippen molar-refractivity contribution in [3.05, 3.63) is 138 Å². The first-order valence-corrected chi connectivity index (χ1v) is 12.4. The number of ether oxygens (including phenoxy) is 2. The van der Waals surface area contributed by atoms with Crippen LogP contribution in [-0.4, -0.2) is 25.7 Å². The van der Waals surface area contributed by atoms with Crippen LogP contribution in [0.2, 0.25) is 0 Å². The van der Waals surface area contributed by atoms with E-state index in [2.05, 4.69) is 120 Å². The van der Waals surface area contributed by atoms with Crippen LogP contribution in [0, 0.1) is 0 Å². The molecule has 0 saturated carbocycles. The molecular formula is C32H31NO2. The van der Waals surface area contributed by atoms with Crippen molar-refractivity contribution in [3.8, 4) is 5.75 Å². The fourth-order valence-corrected chi connectivity index (χ4v) is 4.96. The minimum Gasteiger partial charge on any atom is -0.494 e. The Hall–Kier alpha value is -3.85. The third-order valence-electron chi connectivity index (χ3n) is 6.74. The number of hydrogen-bond acceptors (Lipinski definition) is 3. The van der Waals surface area contributed by atoms with E-state index in [1.165, 1.54) is 22.3 Å². The highest BCUT2D eigenvalue weighted by molar-refractivity contribution is 5.77. The lowest BCUT2D eigenvalue weighted by Crippen LogP contribution is -2.31. The Morgan fingerprint density at radius 2 is 1.20 bits per heavy atom. The first-order valence-electron chi connectivity index (χ1n) is 12.4. The second kappa shape index (κ2) is 11.1. The van der Waals surface area contributed by atoms with Crippen LogP contribution in [0.5, 0.6) is 5.75 Å². The Morgan fingerprint density at radius 1 is 0.657 bits per heavy atom. The highest BCUT2D eigenvalue weighted by Gasteiger charge is 2.36. The Bertz CT molecular complexity index is 1120. The standard InChI is InChI=1S/C32H31NO2/c1-4-10-27(11-5-1)32(28-12-6-2-7-13-28,29-14-8-3-9-15-29)22-24-34-30-19-16-26(17-20-30)18-21-31-33-23-25-35-31/h1-17,19-20H,18,21-25H2. The first-order chi connectivity index (χ1) is 17.3. The number of aryl methyl sites for hydroxylation is 1. The van der Waals surface area contributed by atoms with Gasteiger partial charge >= 0.3 is 0 Å². The van der Waals surface area contributed by atoms with Crippen molar-refractivity contribution in [2.24, 2.45) is 4.99 Å². The lowest BCUT2D eigenvalue weighted by molar-refractivity contribution is 0.286. The third kappa shape index (κ3) is 5.30. The van der Waals surface area contributed by atoms with E-state index in [9.17, 15) is 0 Å². The van der Waals surface area contributed by atoms with Crippen molar-refractivity contribution in [3.63, 3.8) is 0 Å². The van der Waals surface area contributed by atoms with E-state index in [1.54, 1.807) is 0 Å². The Morgan fingerprint density at radius 3 is 1.69 bits per heavy atom. The van der Waals surface area contributed by atoms with Gasteiger partial charge in [0.15, 0.2) is 5.90 Å². The summed E-state index contributed by atoms with van der Waals surface area (Å²) in [6.45, 7) is 2.11. The SMILES string of the molecule is c1ccc(C(CCOc2ccc(CCC3=NCCO3)cc2)(c2ccccc2)c2ccccc2)cc1. The van der Waals surface area contributed by atoms with Crippen molar-refractivity contribution in [1.82, 2.24) is 0 Å². The second-order valence-corrected chi connectivity index (χ2v) is 8.87. The summed E-state index contributed by atoms with van der Waals surface area (Å²) in [5.41, 5.74) is 4.78. The second-order valence-electron chi connectivity index (χ2n) is 8.87. The molecule has 3 heteroatoms. The molecule has 5 rings (SSSR count). The van der Waals surface area contributed by atoms with Gasteiger partial charge < -0.3 is 9.47 Å². The topological polar surface area (TPSA) is 30.8 Å². The van der Waals surface area contributed by atoms with Gasteiger partial charge in [0, 0.05) is 11.8 Å². The van der Waals surface area contributed by atoms with Crippen LogP contribution in [0.4, 0.5) is 0 Å². The molecule has 1 heterocycles. The molecule has 0 amide bonds. The molecule has 4 aromatic carbocycles. The molecule has 3 nitrogen and oxygen atoms in total. The maximum absolute atomic E-state index is 6.31. The Kier molecular flexibility index (Phi) is 7.24. The predicted molar refractivity (Wildman–Crippen MR) is 142 cm³/mol. The molecule has 0 spiro atoms. The van der Waals surface area contributed by atoms with Gasteiger partial charge in [-0.25, -0.2) is 0 Å². The minimum absolute atomic E-state index is 0.300. The van der Waals surface area contributed by atoms with Crippen LogP contribution in [-0.2, 0) is 16.6 Å². The van der Waals surface area contributed by atoms with Crippen molar-refractivity contribution >= 4 is 5.90 Å². The van der Waals surface area contributed by atoms with Gasteiger partial charge in [-0.05, 0) is 47.2 Å². The molecule has 0 fully saturated rings. The van der Waals surface area contributed by atoms with Crippen LogP contribution in [0.3, 0.4) is 0 Å². The lowest BCUT2D eigenvalue weighted by atomic mass is 9.67. The average molecular weight is 462 g/mol. The Labute approximate surface area is 208 Å². The van der Waals surface area contributed by atoms with E-state index in [-0.39, 0.29) is 5.41 Å². The van der Waals surface area contributed by atoms with E-state index in [4.69, 9.17) is 9.47 Å². The van der Waals surface area contributed by atoms with Gasteiger partial charge in [-0.15, -0.1) is 0 Å². The zero-order valence-electron chi connectivity index (χ0n) is 20.0. The quantitative estimate of drug-likeness (QED) is 0.242. The van der Waals surface area contributed by atoms with Crippen molar-refractivity contribution in [2.45, 2.75) is 24.7 Å². The van der Waals surface area contributed by atoms with Crippen molar-refractivity contribution < 1.29 is 9.47 Å². The fraction of sp³-hybridized carbons (Fsp3) is 0.219. The number of hydrogen-bond donors (Lipinski definition) is 0. The molecule has 0 bridgehead atoms. The summed E-state index contributed by atoms with van der Waals surface area (Å²) in [4.78, 5) is 4.38. The predicted octanol–water partition coefficient (Wildman–Crippen LogP) is 6.85. The number of benzene rings is 4. The monoisotopic (exact) mass is 461 g/mol. The molecule has 1 aliphatic rings. The number of rotatable bonds is 10. The van der Waals surface area contributed by atoms with Crippen LogP contribution >= 0.6 is 0 Å². The smallest absolute Gasteiger partial charge is 0.183 e. The maximum atomic E-state index is 6.31. The molecule has 176 valence electrons. The van der Waals surface area contributed by atoms with Gasteiger partial charge in [-0.2, -0.15) is 0 Å². The normalized spacial score (nSPS) is 13.2. The van der Waals surface area contributed by atoms with Gasteiger partial charge in [0.05, 0.1) is 13.2 Å². The van der Waals surface area contributed by atoms with Gasteiger partial charge in [-0.3, -0.25) is 4.99 Å². The summed E-state index contributed by atoms with van der Waals surface area (Å²) in [6, 6.07) is 40.8. The Balaban J connectivity index is 1.36. The van der Waals surface area contributed by atoms with Gasteiger partial charge in [0.1, 0.15) is 12.4 Å². The molecule has 0 radical (unpaired) electrons. The third-order valence-corrected chi connectivity index (χ3v) is 6.74. The van der Waals surface area contributed by atoms with E-state index in [0.29, 0.717) is 6.61 Å². The summed E-state index contributed by atoms with van der Waals surface area (Å²) in [5.74, 6) is 1.77. The molecular weight excluding hydrogens is 430 g/mol. The summed E-state index contributed by atoms with van der Waals surface area (Å²) in [5, 5.41) is 0. The summed E-state index contributed by atoms with van der Waals surface area (Å²) in [7, 11) is 0. The highest BCUT2D eigenvalue weighted by Crippen LogP contribution is 2.42. The van der Waals surface area contributed by atoms with Gasteiger partial charge in [0.2, 0.25) is 0 Å². The maximum Gasteiger partial charge on any atom is 0.183 e. The average Bonchev–Trinajstić information content (AvgIpc) is 3.46. The molecule has 0 aromatic heterocycles. The summed E-state index contributed by atoms with van der Waals surface area (Å²) in [6.07, 6.45) is 2.61. The summed E-state index contributed by atoms with van der Waals surface area (Å²) >= 11 is 0. The molecule has 0 saturated heterocycles. The first kappa shape index (κ1) is 22.9. The zero-order chi connectivity index (χ0) is 23.8. The van der Waals surface area contributed by atoms with Crippen molar-refractivity contribution in [2.75, 3.05) is 19.8 Å². The molecule has 4 aromatic rings. The highest BCUT2D eigenvalue weighted by atomic mass is 16.5. The van der Waals surface area contributed by atoms with Crippen LogP contribution in [0.1, 0.15) is 35.1 Å². The molecule has 0 aliphatic carbocycles. The minimum atomic E-state index is -0.300. The lowest BCUT2D eigenvalue weighted by Gasteiger charge is -2.36. The number of nitrogens with zero attached hydrogens (tertiary/aromatic N) is 1. The van der Waals surface area contributed by atoms with Gasteiger partial charge in [-0.1, -0.05) is 103 Å². The fourth-order valence-electron chi connectivity index (χ4n) is 4.96. The zero-order valence-corrected chi connectivity index (χ0v) is 20.0. The summed E-state index contributed by atoms with van der Waals surface area (Å²) < 4.78 is 11.8. The van der Waals surface area contributed by atoms with E-state index < -0.39 is 0 Å². The largest absolute Gasteiger partial charge is 0.494 e. The van der Waals surface area contributed by atoms with Gasteiger partial charge in [0.25, 0.3) is 0 Å². The molecule has 35 heavy (non-hydrogen) atoms. The molecule has 0 N–H and O–H groups in total.